The van der Waals surface area contributed by atoms with E-state index in [0.29, 0.717) is 17.5 Å². The van der Waals surface area contributed by atoms with Crippen LogP contribution in [0.1, 0.15) is 57.1 Å². The number of non-ortho nitro benzene ring substituents is 2. The summed E-state index contributed by atoms with van der Waals surface area (Å²) in [5.41, 5.74) is 2.34. The van der Waals surface area contributed by atoms with Crippen molar-refractivity contribution in [2.45, 2.75) is 57.9 Å². The first-order valence-corrected chi connectivity index (χ1v) is 12.1. The van der Waals surface area contributed by atoms with E-state index in [0.717, 1.165) is 56.9 Å². The first-order valence-electron chi connectivity index (χ1n) is 12.1. The maximum Gasteiger partial charge on any atom is 0.278 e. The molecule has 0 aromatic heterocycles. The lowest BCUT2D eigenvalue weighted by Gasteiger charge is -2.69. The van der Waals surface area contributed by atoms with E-state index >= 15 is 0 Å². The molecule has 4 atom stereocenters. The molecule has 2 saturated heterocycles. The van der Waals surface area contributed by atoms with E-state index in [1.165, 1.54) is 23.3 Å². The van der Waals surface area contributed by atoms with Gasteiger partial charge in [0.05, 0.1) is 34.2 Å². The Morgan fingerprint density at radius 3 is 2.41 bits per heavy atom. The molecule has 34 heavy (non-hydrogen) atoms. The Kier molecular flexibility index (Phi) is 5.30. The average molecular weight is 466 g/mol. The van der Waals surface area contributed by atoms with Crippen LogP contribution in [-0.2, 0) is 12.0 Å². The minimum absolute atomic E-state index is 0.0613. The summed E-state index contributed by atoms with van der Waals surface area (Å²) in [4.78, 5) is 24.6. The summed E-state index contributed by atoms with van der Waals surface area (Å²) in [6.07, 6.45) is 6.28. The highest BCUT2D eigenvalue weighted by Crippen LogP contribution is 2.66. The van der Waals surface area contributed by atoms with Crippen molar-refractivity contribution < 1.29 is 14.6 Å². The molecule has 2 heterocycles. The minimum atomic E-state index is -0.533. The van der Waals surface area contributed by atoms with Gasteiger partial charge in [-0.2, -0.15) is 0 Å². The van der Waals surface area contributed by atoms with Crippen LogP contribution in [0.5, 0.6) is 5.75 Å². The van der Waals surface area contributed by atoms with Gasteiger partial charge in [0.2, 0.25) is 0 Å². The molecule has 2 bridgehead atoms. The van der Waals surface area contributed by atoms with Crippen molar-refractivity contribution in [1.29, 1.82) is 0 Å². The number of hydrogen-bond acceptors (Lipinski definition) is 6. The van der Waals surface area contributed by atoms with Crippen LogP contribution in [0.3, 0.4) is 0 Å². The zero-order valence-corrected chi connectivity index (χ0v) is 20.0. The van der Waals surface area contributed by atoms with Crippen molar-refractivity contribution in [3.63, 3.8) is 0 Å². The van der Waals surface area contributed by atoms with Crippen molar-refractivity contribution in [1.82, 2.24) is 0 Å². The maximum atomic E-state index is 11.7. The van der Waals surface area contributed by atoms with Crippen LogP contribution in [0.4, 0.5) is 17.1 Å². The number of nitrogens with zero attached hydrogens (tertiary/aromatic N) is 3. The number of fused-ring (bicyclic) bond motifs is 3. The molecule has 0 amide bonds. The van der Waals surface area contributed by atoms with E-state index in [2.05, 4.69) is 30.9 Å². The minimum Gasteiger partial charge on any atom is -0.497 e. The van der Waals surface area contributed by atoms with Crippen LogP contribution < -0.4 is 9.64 Å². The lowest BCUT2D eigenvalue weighted by molar-refractivity contribution is -0.394. The number of nitro groups is 2. The molecule has 0 radical (unpaired) electrons. The summed E-state index contributed by atoms with van der Waals surface area (Å²) >= 11 is 0. The summed E-state index contributed by atoms with van der Waals surface area (Å²) in [5.74, 6) is 1.76. The third-order valence-corrected chi connectivity index (χ3v) is 8.80. The number of aryl methyl sites for hydroxylation is 1. The zero-order valence-electron chi connectivity index (χ0n) is 20.0. The predicted octanol–water partition coefficient (Wildman–Crippen LogP) is 6.01. The predicted molar refractivity (Wildman–Crippen MR) is 129 cm³/mol. The molecular weight excluding hydrogens is 434 g/mol. The highest BCUT2D eigenvalue weighted by atomic mass is 16.6. The monoisotopic (exact) mass is 465 g/mol. The largest absolute Gasteiger partial charge is 0.497 e. The summed E-state index contributed by atoms with van der Waals surface area (Å²) in [6, 6.07) is 10.4. The van der Waals surface area contributed by atoms with Gasteiger partial charge in [-0.3, -0.25) is 20.2 Å². The second-order valence-electron chi connectivity index (χ2n) is 10.4. The molecular formula is C26H31N3O5. The van der Waals surface area contributed by atoms with E-state index in [9.17, 15) is 20.2 Å². The van der Waals surface area contributed by atoms with Gasteiger partial charge in [-0.15, -0.1) is 0 Å². The van der Waals surface area contributed by atoms with Crippen molar-refractivity contribution >= 4 is 17.1 Å². The first kappa shape index (κ1) is 22.6. The number of hydrogen-bond donors (Lipinski definition) is 0. The molecule has 2 aromatic carbocycles. The van der Waals surface area contributed by atoms with Gasteiger partial charge in [-0.25, -0.2) is 0 Å². The number of ether oxygens (including phenoxy) is 1. The number of methoxy groups -OCH3 is 1. The Balaban J connectivity index is 1.74. The molecule has 8 nitrogen and oxygen atoms in total. The molecule has 180 valence electrons. The summed E-state index contributed by atoms with van der Waals surface area (Å²) in [5, 5.41) is 23.3. The van der Waals surface area contributed by atoms with Crippen molar-refractivity contribution in [2.24, 2.45) is 17.3 Å². The Bertz CT molecular complexity index is 1130. The molecule has 2 aromatic rings. The Morgan fingerprint density at radius 2 is 1.79 bits per heavy atom. The Labute approximate surface area is 199 Å². The van der Waals surface area contributed by atoms with Crippen LogP contribution in [0.25, 0.3) is 0 Å². The molecule has 2 aliphatic heterocycles. The van der Waals surface area contributed by atoms with Gasteiger partial charge in [0.15, 0.2) is 0 Å². The van der Waals surface area contributed by atoms with E-state index in [4.69, 9.17) is 4.74 Å². The van der Waals surface area contributed by atoms with E-state index in [1.54, 1.807) is 7.11 Å². The molecule has 3 fully saturated rings. The number of nitro benzene ring substituents is 2. The number of benzene rings is 2. The van der Waals surface area contributed by atoms with Crippen molar-refractivity contribution in [3.05, 3.63) is 67.8 Å². The highest BCUT2D eigenvalue weighted by Gasteiger charge is 2.63. The SMILES string of the molecule is CCC[C@H]1[C@@H]2CCc3cc(OC)ccc3[C@@]23CC[C@]1(C)CN3c1cc([N+](=O)[O-])cc([N+](=O)[O-])c1. The van der Waals surface area contributed by atoms with Crippen molar-refractivity contribution in [2.75, 3.05) is 18.6 Å². The second-order valence-corrected chi connectivity index (χ2v) is 10.4. The fourth-order valence-electron chi connectivity index (χ4n) is 7.38. The second kappa shape index (κ2) is 7.96. The Morgan fingerprint density at radius 1 is 1.09 bits per heavy atom. The smallest absolute Gasteiger partial charge is 0.278 e. The average Bonchev–Trinajstić information content (AvgIpc) is 2.83. The quantitative estimate of drug-likeness (QED) is 0.383. The van der Waals surface area contributed by atoms with E-state index in [-0.39, 0.29) is 22.3 Å². The molecule has 1 saturated carbocycles. The summed E-state index contributed by atoms with van der Waals surface area (Å²) in [7, 11) is 1.67. The van der Waals surface area contributed by atoms with Gasteiger partial charge >= 0.3 is 0 Å². The van der Waals surface area contributed by atoms with E-state index in [1.807, 2.05) is 6.07 Å². The number of piperidine rings is 2. The zero-order chi connectivity index (χ0) is 24.3. The van der Waals surface area contributed by atoms with Gasteiger partial charge in [0, 0.05) is 18.7 Å². The normalized spacial score (nSPS) is 29.3. The Hall–Kier alpha value is -3.16. The fraction of sp³-hybridized carbons (Fsp3) is 0.538. The standard InChI is InChI=1S/C26H31N3O5/c1-4-5-23-24-8-6-17-12-21(34-3)7-9-22(17)26(24)11-10-25(23,2)16-27(26)18-13-19(28(30)31)15-20(14-18)29(32)33/h7,9,12-15,23-24H,4-6,8,10-11,16H2,1-3H3/t23-,24-,25+,26-/m0/s1. The van der Waals surface area contributed by atoms with Gasteiger partial charge in [-0.1, -0.05) is 26.3 Å². The molecule has 6 rings (SSSR count). The first-order chi connectivity index (χ1) is 16.2. The molecule has 2 aliphatic carbocycles. The number of anilines is 1. The van der Waals surface area contributed by atoms with Gasteiger partial charge in [-0.05, 0) is 72.6 Å². The van der Waals surface area contributed by atoms with Crippen molar-refractivity contribution in [3.8, 4) is 5.75 Å². The van der Waals surface area contributed by atoms with Crippen LogP contribution in [0, 0.1) is 37.5 Å². The topological polar surface area (TPSA) is 98.8 Å². The maximum absolute atomic E-state index is 11.7. The molecule has 4 aliphatic rings. The van der Waals surface area contributed by atoms with Gasteiger partial charge < -0.3 is 9.64 Å². The molecule has 0 unspecified atom stereocenters. The van der Waals surface area contributed by atoms with Crippen LogP contribution in [-0.4, -0.2) is 23.5 Å². The fourth-order valence-corrected chi connectivity index (χ4v) is 7.38. The lowest BCUT2D eigenvalue weighted by atomic mass is 9.46. The summed E-state index contributed by atoms with van der Waals surface area (Å²) in [6.45, 7) is 5.32. The van der Waals surface area contributed by atoms with Gasteiger partial charge in [0.25, 0.3) is 11.4 Å². The molecule has 8 heteroatoms. The summed E-state index contributed by atoms with van der Waals surface area (Å²) < 4.78 is 5.50. The lowest BCUT2D eigenvalue weighted by Crippen LogP contribution is -2.69. The van der Waals surface area contributed by atoms with Crippen LogP contribution in [0.15, 0.2) is 36.4 Å². The number of rotatable bonds is 6. The van der Waals surface area contributed by atoms with Crippen LogP contribution in [0.2, 0.25) is 0 Å². The third-order valence-electron chi connectivity index (χ3n) is 8.80. The van der Waals surface area contributed by atoms with Crippen LogP contribution >= 0.6 is 0 Å². The third kappa shape index (κ3) is 3.18. The highest BCUT2D eigenvalue weighted by molar-refractivity contribution is 5.65. The molecule has 1 spiro atoms. The van der Waals surface area contributed by atoms with Gasteiger partial charge in [0.1, 0.15) is 5.75 Å². The molecule has 0 N–H and O–H groups in total. The van der Waals surface area contributed by atoms with E-state index < -0.39 is 9.85 Å².